The van der Waals surface area contributed by atoms with E-state index in [-0.39, 0.29) is 23.0 Å². The lowest BCUT2D eigenvalue weighted by atomic mass is 9.61. The molecule has 20 heavy (non-hydrogen) atoms. The van der Waals surface area contributed by atoms with E-state index >= 15 is 0 Å². The van der Waals surface area contributed by atoms with Crippen molar-refractivity contribution >= 4 is 0 Å². The summed E-state index contributed by atoms with van der Waals surface area (Å²) in [6, 6.07) is 2.97. The standard InChI is InChI=1S/C17H26FNO/c1-4-6-11-8-13-14(9-12(20)10-15(13)18)17(3,7-5-2)16(11)19/h9-11,16,20H,4-8,19H2,1-3H3. The average molecular weight is 279 g/mol. The van der Waals surface area contributed by atoms with E-state index in [2.05, 4.69) is 20.8 Å². The summed E-state index contributed by atoms with van der Waals surface area (Å²) in [5.41, 5.74) is 7.97. The highest BCUT2D eigenvalue weighted by Gasteiger charge is 2.43. The highest BCUT2D eigenvalue weighted by molar-refractivity contribution is 5.44. The molecule has 2 rings (SSSR count). The molecule has 0 fully saturated rings. The summed E-state index contributed by atoms with van der Waals surface area (Å²) in [5.74, 6) is 0.0446. The summed E-state index contributed by atoms with van der Waals surface area (Å²) in [7, 11) is 0. The van der Waals surface area contributed by atoms with Gasteiger partial charge in [-0.05, 0) is 42.4 Å². The zero-order valence-electron chi connectivity index (χ0n) is 12.7. The van der Waals surface area contributed by atoms with Crippen LogP contribution in [-0.4, -0.2) is 11.1 Å². The Morgan fingerprint density at radius 1 is 1.35 bits per heavy atom. The largest absolute Gasteiger partial charge is 0.508 e. The smallest absolute Gasteiger partial charge is 0.130 e. The Kier molecular flexibility index (Phi) is 4.38. The summed E-state index contributed by atoms with van der Waals surface area (Å²) < 4.78 is 14.3. The fraction of sp³-hybridized carbons (Fsp3) is 0.647. The first-order valence-electron chi connectivity index (χ1n) is 7.71. The highest BCUT2D eigenvalue weighted by atomic mass is 19.1. The first kappa shape index (κ1) is 15.3. The van der Waals surface area contributed by atoms with E-state index in [4.69, 9.17) is 5.73 Å². The van der Waals surface area contributed by atoms with Crippen molar-refractivity contribution in [1.82, 2.24) is 0 Å². The number of hydrogen-bond acceptors (Lipinski definition) is 2. The van der Waals surface area contributed by atoms with E-state index in [0.717, 1.165) is 36.8 Å². The van der Waals surface area contributed by atoms with Crippen LogP contribution >= 0.6 is 0 Å². The van der Waals surface area contributed by atoms with Crippen molar-refractivity contribution in [3.63, 3.8) is 0 Å². The van der Waals surface area contributed by atoms with Crippen LogP contribution in [0.2, 0.25) is 0 Å². The molecule has 0 saturated heterocycles. The molecule has 0 amide bonds. The number of rotatable bonds is 4. The van der Waals surface area contributed by atoms with Gasteiger partial charge in [-0.25, -0.2) is 4.39 Å². The van der Waals surface area contributed by atoms with Gasteiger partial charge < -0.3 is 10.8 Å². The number of halogens is 1. The maximum atomic E-state index is 14.3. The van der Waals surface area contributed by atoms with Gasteiger partial charge in [0, 0.05) is 17.5 Å². The minimum atomic E-state index is -0.282. The third-order valence-corrected chi connectivity index (χ3v) is 4.93. The van der Waals surface area contributed by atoms with Crippen molar-refractivity contribution in [3.05, 3.63) is 29.1 Å². The topological polar surface area (TPSA) is 46.2 Å². The van der Waals surface area contributed by atoms with Crippen LogP contribution in [0.5, 0.6) is 5.75 Å². The van der Waals surface area contributed by atoms with Crippen molar-refractivity contribution in [3.8, 4) is 5.75 Å². The van der Waals surface area contributed by atoms with E-state index in [1.165, 1.54) is 6.07 Å². The summed E-state index contributed by atoms with van der Waals surface area (Å²) in [6.07, 6.45) is 4.70. The molecule has 0 saturated carbocycles. The third-order valence-electron chi connectivity index (χ3n) is 4.93. The number of aromatic hydroxyl groups is 1. The number of benzene rings is 1. The van der Waals surface area contributed by atoms with Gasteiger partial charge in [-0.3, -0.25) is 0 Å². The molecule has 3 unspecified atom stereocenters. The Hall–Kier alpha value is -1.09. The maximum Gasteiger partial charge on any atom is 0.130 e. The van der Waals surface area contributed by atoms with Crippen LogP contribution in [0.4, 0.5) is 4.39 Å². The van der Waals surface area contributed by atoms with Gasteiger partial charge in [0.2, 0.25) is 0 Å². The molecule has 1 aliphatic carbocycles. The van der Waals surface area contributed by atoms with Crippen LogP contribution in [0.3, 0.4) is 0 Å². The highest BCUT2D eigenvalue weighted by Crippen LogP contribution is 2.45. The maximum absolute atomic E-state index is 14.3. The Morgan fingerprint density at radius 2 is 2.05 bits per heavy atom. The van der Waals surface area contributed by atoms with Gasteiger partial charge in [-0.2, -0.15) is 0 Å². The molecule has 1 aromatic rings. The second-order valence-corrected chi connectivity index (χ2v) is 6.40. The summed E-state index contributed by atoms with van der Waals surface area (Å²) in [5, 5.41) is 9.74. The van der Waals surface area contributed by atoms with Crippen molar-refractivity contribution < 1.29 is 9.50 Å². The SMILES string of the molecule is CCCC1Cc2c(F)cc(O)cc2C(C)(CCC)C1N. The quantitative estimate of drug-likeness (QED) is 0.878. The molecular weight excluding hydrogens is 253 g/mol. The van der Waals surface area contributed by atoms with Crippen LogP contribution in [0.15, 0.2) is 12.1 Å². The lowest BCUT2D eigenvalue weighted by Gasteiger charge is -2.46. The van der Waals surface area contributed by atoms with E-state index in [9.17, 15) is 9.50 Å². The Bertz CT molecular complexity index is 488. The van der Waals surface area contributed by atoms with Gasteiger partial charge in [-0.15, -0.1) is 0 Å². The molecular formula is C17H26FNO. The molecule has 0 radical (unpaired) electrons. The van der Waals surface area contributed by atoms with Crippen molar-refractivity contribution in [2.75, 3.05) is 0 Å². The second kappa shape index (κ2) is 5.72. The van der Waals surface area contributed by atoms with Gasteiger partial charge in [0.25, 0.3) is 0 Å². The first-order valence-corrected chi connectivity index (χ1v) is 7.71. The predicted molar refractivity (Wildman–Crippen MR) is 80.4 cm³/mol. The van der Waals surface area contributed by atoms with Crippen LogP contribution in [0.25, 0.3) is 0 Å². The van der Waals surface area contributed by atoms with Crippen LogP contribution < -0.4 is 5.73 Å². The third kappa shape index (κ3) is 2.44. The second-order valence-electron chi connectivity index (χ2n) is 6.40. The van der Waals surface area contributed by atoms with Crippen molar-refractivity contribution in [2.24, 2.45) is 11.7 Å². The molecule has 0 heterocycles. The monoisotopic (exact) mass is 279 g/mol. The normalized spacial score (nSPS) is 29.2. The minimum absolute atomic E-state index is 0.00437. The molecule has 2 nitrogen and oxygen atoms in total. The van der Waals surface area contributed by atoms with E-state index in [0.29, 0.717) is 12.3 Å². The van der Waals surface area contributed by atoms with Gasteiger partial charge >= 0.3 is 0 Å². The first-order chi connectivity index (χ1) is 9.43. The van der Waals surface area contributed by atoms with E-state index in [1.807, 2.05) is 0 Å². The Labute approximate surface area is 121 Å². The van der Waals surface area contributed by atoms with Gasteiger partial charge in [0.1, 0.15) is 11.6 Å². The van der Waals surface area contributed by atoms with E-state index < -0.39 is 0 Å². The summed E-state index contributed by atoms with van der Waals surface area (Å²) in [6.45, 7) is 6.40. The molecule has 1 aliphatic rings. The number of hydrogen-bond donors (Lipinski definition) is 2. The van der Waals surface area contributed by atoms with Crippen LogP contribution in [-0.2, 0) is 11.8 Å². The van der Waals surface area contributed by atoms with Gasteiger partial charge in [-0.1, -0.05) is 33.6 Å². The zero-order chi connectivity index (χ0) is 14.9. The van der Waals surface area contributed by atoms with Crippen LogP contribution in [0, 0.1) is 11.7 Å². The van der Waals surface area contributed by atoms with Crippen molar-refractivity contribution in [2.45, 2.75) is 64.3 Å². The van der Waals surface area contributed by atoms with E-state index in [1.54, 1.807) is 6.07 Å². The summed E-state index contributed by atoms with van der Waals surface area (Å²) in [4.78, 5) is 0. The number of fused-ring (bicyclic) bond motifs is 1. The molecule has 0 aliphatic heterocycles. The number of nitrogens with two attached hydrogens (primary N) is 1. The lowest BCUT2D eigenvalue weighted by Crippen LogP contribution is -2.52. The number of phenols is 1. The summed E-state index contributed by atoms with van der Waals surface area (Å²) >= 11 is 0. The predicted octanol–water partition coefficient (Wildman–Crippen LogP) is 3.89. The number of phenolic OH excluding ortho intramolecular Hbond substituents is 1. The van der Waals surface area contributed by atoms with Crippen LogP contribution in [0.1, 0.15) is 57.6 Å². The molecule has 1 aromatic carbocycles. The molecule has 112 valence electrons. The zero-order valence-corrected chi connectivity index (χ0v) is 12.7. The minimum Gasteiger partial charge on any atom is -0.508 e. The Balaban J connectivity index is 2.55. The van der Waals surface area contributed by atoms with Gasteiger partial charge in [0.15, 0.2) is 0 Å². The molecule has 3 heteroatoms. The Morgan fingerprint density at radius 3 is 2.65 bits per heavy atom. The fourth-order valence-electron chi connectivity index (χ4n) is 3.90. The van der Waals surface area contributed by atoms with Gasteiger partial charge in [0.05, 0.1) is 0 Å². The van der Waals surface area contributed by atoms with Crippen molar-refractivity contribution in [1.29, 1.82) is 0 Å². The molecule has 0 spiro atoms. The average Bonchev–Trinajstić information content (AvgIpc) is 2.38. The molecule has 0 bridgehead atoms. The molecule has 3 N–H and O–H groups in total. The molecule has 0 aromatic heterocycles. The lowest BCUT2D eigenvalue weighted by molar-refractivity contribution is 0.221. The molecule has 3 atom stereocenters. The fourth-order valence-corrected chi connectivity index (χ4v) is 3.90.